The number of aryl methyl sites for hydroxylation is 1. The van der Waals surface area contributed by atoms with Gasteiger partial charge in [-0.25, -0.2) is 9.97 Å². The first-order valence-corrected chi connectivity index (χ1v) is 10.4. The van der Waals surface area contributed by atoms with Gasteiger partial charge in [0.2, 0.25) is 5.91 Å². The molecule has 1 atom stereocenters. The summed E-state index contributed by atoms with van der Waals surface area (Å²) in [6.07, 6.45) is 3.01. The maximum absolute atomic E-state index is 12.6. The Morgan fingerprint density at radius 3 is 2.83 bits per heavy atom. The molecule has 1 aromatic heterocycles. The van der Waals surface area contributed by atoms with Crippen molar-refractivity contribution in [3.05, 3.63) is 53.1 Å². The van der Waals surface area contributed by atoms with Crippen molar-refractivity contribution >= 4 is 11.8 Å². The molecule has 1 fully saturated rings. The number of nitrogens with one attached hydrogen (secondary N) is 1. The van der Waals surface area contributed by atoms with E-state index in [1.54, 1.807) is 13.3 Å². The van der Waals surface area contributed by atoms with Crippen molar-refractivity contribution in [2.45, 2.75) is 46.1 Å². The van der Waals surface area contributed by atoms with Gasteiger partial charge >= 0.3 is 0 Å². The Morgan fingerprint density at radius 1 is 1.33 bits per heavy atom. The second kappa shape index (κ2) is 9.69. The van der Waals surface area contributed by atoms with E-state index >= 15 is 0 Å². The molecule has 1 aliphatic rings. The van der Waals surface area contributed by atoms with Crippen molar-refractivity contribution in [3.63, 3.8) is 0 Å². The van der Waals surface area contributed by atoms with Crippen molar-refractivity contribution in [2.24, 2.45) is 5.92 Å². The summed E-state index contributed by atoms with van der Waals surface area (Å²) in [6.45, 7) is 7.70. The Labute approximate surface area is 177 Å². The zero-order valence-electron chi connectivity index (χ0n) is 18.1. The minimum atomic E-state index is -0.206. The van der Waals surface area contributed by atoms with E-state index in [0.29, 0.717) is 42.5 Å². The number of rotatable bonds is 7. The number of amides is 2. The highest BCUT2D eigenvalue weighted by Gasteiger charge is 2.29. The first kappa shape index (κ1) is 21.7. The highest BCUT2D eigenvalue weighted by Crippen LogP contribution is 2.26. The molecule has 0 spiro atoms. The molecule has 0 unspecified atom stereocenters. The van der Waals surface area contributed by atoms with Gasteiger partial charge in [-0.15, -0.1) is 0 Å². The number of hydrogen-bond donors (Lipinski definition) is 1. The second-order valence-electron chi connectivity index (χ2n) is 8.18. The van der Waals surface area contributed by atoms with E-state index in [0.717, 1.165) is 24.3 Å². The Bertz CT molecular complexity index is 913. The molecule has 0 saturated carbocycles. The second-order valence-corrected chi connectivity index (χ2v) is 8.18. The van der Waals surface area contributed by atoms with Crippen molar-refractivity contribution in [3.8, 4) is 5.75 Å². The number of aromatic nitrogens is 2. The average molecular weight is 411 g/mol. The molecule has 1 N–H and O–H groups in total. The van der Waals surface area contributed by atoms with Crippen LogP contribution in [0.4, 0.5) is 0 Å². The molecule has 7 nitrogen and oxygen atoms in total. The van der Waals surface area contributed by atoms with Crippen LogP contribution in [0.3, 0.4) is 0 Å². The van der Waals surface area contributed by atoms with E-state index in [4.69, 9.17) is 4.74 Å². The number of carbonyl (C=O) groups is 2. The minimum Gasteiger partial charge on any atom is -0.497 e. The largest absolute Gasteiger partial charge is 0.497 e. The number of likely N-dealkylation sites (tertiary alicyclic amines) is 1. The topological polar surface area (TPSA) is 84.4 Å². The Hall–Kier alpha value is -2.96. The number of hydrogen-bond acceptors (Lipinski definition) is 5. The number of carbonyl (C=O) groups excluding carboxylic acids is 2. The fourth-order valence-corrected chi connectivity index (χ4v) is 3.64. The van der Waals surface area contributed by atoms with Crippen LogP contribution < -0.4 is 10.1 Å². The quantitative estimate of drug-likeness (QED) is 0.758. The molecule has 30 heavy (non-hydrogen) atoms. The molecule has 3 rings (SSSR count). The molecule has 1 saturated heterocycles. The Balaban J connectivity index is 1.61. The molecule has 0 bridgehead atoms. The lowest BCUT2D eigenvalue weighted by Gasteiger charge is -2.17. The number of methoxy groups -OCH3 is 1. The molecule has 7 heteroatoms. The third-order valence-corrected chi connectivity index (χ3v) is 5.32. The van der Waals surface area contributed by atoms with Crippen LogP contribution in [-0.4, -0.2) is 46.9 Å². The lowest BCUT2D eigenvalue weighted by molar-refractivity contribution is -0.130. The van der Waals surface area contributed by atoms with E-state index < -0.39 is 0 Å². The molecule has 160 valence electrons. The first-order chi connectivity index (χ1) is 14.4. The maximum atomic E-state index is 12.6. The van der Waals surface area contributed by atoms with Crippen molar-refractivity contribution in [1.82, 2.24) is 20.2 Å². The van der Waals surface area contributed by atoms with E-state index in [1.807, 2.05) is 36.1 Å². The van der Waals surface area contributed by atoms with E-state index in [1.165, 1.54) is 0 Å². The predicted octanol–water partition coefficient (Wildman–Crippen LogP) is 3.09. The molecule has 2 aromatic rings. The number of benzene rings is 1. The average Bonchev–Trinajstić information content (AvgIpc) is 3.22. The van der Waals surface area contributed by atoms with Crippen LogP contribution in [-0.2, 0) is 11.3 Å². The van der Waals surface area contributed by atoms with Crippen LogP contribution in [0.15, 0.2) is 30.5 Å². The summed E-state index contributed by atoms with van der Waals surface area (Å²) in [5, 5.41) is 2.91. The summed E-state index contributed by atoms with van der Waals surface area (Å²) in [7, 11) is 1.61. The van der Waals surface area contributed by atoms with Crippen molar-refractivity contribution in [1.29, 1.82) is 0 Å². The number of nitrogens with zero attached hydrogens (tertiary/aromatic N) is 3. The Kier molecular flexibility index (Phi) is 7.03. The van der Waals surface area contributed by atoms with Gasteiger partial charge in [0.25, 0.3) is 5.91 Å². The summed E-state index contributed by atoms with van der Waals surface area (Å²) < 4.78 is 5.21. The summed E-state index contributed by atoms with van der Waals surface area (Å²) >= 11 is 0. The summed E-state index contributed by atoms with van der Waals surface area (Å²) in [6, 6.07) is 7.57. The lowest BCUT2D eigenvalue weighted by Crippen LogP contribution is -2.29. The highest BCUT2D eigenvalue weighted by molar-refractivity contribution is 5.94. The standard InChI is InChI=1S/C23H30N4O3/c1-15(2)10-21(28)27-9-8-18(14-27)22-24-13-20(16(3)26-22)23(29)25-12-17-6-5-7-19(11-17)30-4/h5-7,11,13,15,18H,8-10,12,14H2,1-4H3,(H,25,29)/t18-/m1/s1. The molecule has 2 heterocycles. The van der Waals surface area contributed by atoms with Gasteiger partial charge in [-0.05, 0) is 37.0 Å². The van der Waals surface area contributed by atoms with Gasteiger partial charge in [0.1, 0.15) is 11.6 Å². The third-order valence-electron chi connectivity index (χ3n) is 5.32. The van der Waals surface area contributed by atoms with Gasteiger partial charge in [-0.2, -0.15) is 0 Å². The summed E-state index contributed by atoms with van der Waals surface area (Å²) in [4.78, 5) is 35.8. The zero-order valence-corrected chi connectivity index (χ0v) is 18.1. The molecular weight excluding hydrogens is 380 g/mol. The number of ether oxygens (including phenoxy) is 1. The van der Waals surface area contributed by atoms with Crippen molar-refractivity contribution < 1.29 is 14.3 Å². The SMILES string of the molecule is COc1cccc(CNC(=O)c2cnc([C@@H]3CCN(C(=O)CC(C)C)C3)nc2C)c1. The Morgan fingerprint density at radius 2 is 2.13 bits per heavy atom. The minimum absolute atomic E-state index is 0.119. The van der Waals surface area contributed by atoms with Gasteiger partial charge in [-0.1, -0.05) is 26.0 Å². The van der Waals surface area contributed by atoms with Crippen LogP contribution >= 0.6 is 0 Å². The fourth-order valence-electron chi connectivity index (χ4n) is 3.64. The third kappa shape index (κ3) is 5.34. The van der Waals surface area contributed by atoms with Gasteiger partial charge in [0.05, 0.1) is 18.4 Å². The van der Waals surface area contributed by atoms with Gasteiger partial charge in [-0.3, -0.25) is 9.59 Å². The van der Waals surface area contributed by atoms with Crippen LogP contribution in [0.1, 0.15) is 60.0 Å². The molecule has 2 amide bonds. The van der Waals surface area contributed by atoms with Crippen LogP contribution in [0, 0.1) is 12.8 Å². The molecule has 1 aliphatic heterocycles. The maximum Gasteiger partial charge on any atom is 0.254 e. The van der Waals surface area contributed by atoms with Crippen LogP contribution in [0.2, 0.25) is 0 Å². The van der Waals surface area contributed by atoms with E-state index in [2.05, 4.69) is 29.1 Å². The predicted molar refractivity (Wildman–Crippen MR) is 114 cm³/mol. The normalized spacial score (nSPS) is 16.0. The van der Waals surface area contributed by atoms with Gasteiger partial charge in [0.15, 0.2) is 0 Å². The van der Waals surface area contributed by atoms with Crippen LogP contribution in [0.25, 0.3) is 0 Å². The summed E-state index contributed by atoms with van der Waals surface area (Å²) in [5.41, 5.74) is 2.07. The summed E-state index contributed by atoms with van der Waals surface area (Å²) in [5.74, 6) is 1.91. The molecule has 1 aromatic carbocycles. The van der Waals surface area contributed by atoms with E-state index in [-0.39, 0.29) is 17.7 Å². The molecule has 0 radical (unpaired) electrons. The zero-order chi connectivity index (χ0) is 21.7. The van der Waals surface area contributed by atoms with Crippen molar-refractivity contribution in [2.75, 3.05) is 20.2 Å². The fraction of sp³-hybridized carbons (Fsp3) is 0.478. The molecule has 0 aliphatic carbocycles. The van der Waals surface area contributed by atoms with Crippen LogP contribution in [0.5, 0.6) is 5.75 Å². The van der Waals surface area contributed by atoms with Gasteiger partial charge < -0.3 is 15.0 Å². The first-order valence-electron chi connectivity index (χ1n) is 10.4. The smallest absolute Gasteiger partial charge is 0.254 e. The molecular formula is C23H30N4O3. The lowest BCUT2D eigenvalue weighted by atomic mass is 10.1. The highest BCUT2D eigenvalue weighted by atomic mass is 16.5. The van der Waals surface area contributed by atoms with Gasteiger partial charge in [0, 0.05) is 38.2 Å². The van der Waals surface area contributed by atoms with E-state index in [9.17, 15) is 9.59 Å². The monoisotopic (exact) mass is 410 g/mol.